The summed E-state index contributed by atoms with van der Waals surface area (Å²) in [7, 11) is 0. The Morgan fingerprint density at radius 3 is 2.71 bits per heavy atom. The van der Waals surface area contributed by atoms with Crippen LogP contribution in [0, 0.1) is 5.92 Å². The molecule has 0 radical (unpaired) electrons. The molecule has 4 heteroatoms. The molecule has 0 spiro atoms. The first-order valence-corrected chi connectivity index (χ1v) is 6.63. The number of nitrogens with zero attached hydrogens (tertiary/aromatic N) is 3. The third kappa shape index (κ3) is 1.51. The molecule has 0 amide bonds. The number of hydrogen-bond donors (Lipinski definition) is 1. The zero-order valence-electron chi connectivity index (χ0n) is 9.97. The number of nitrogens with two attached hydrogens (primary N) is 1. The molecule has 0 unspecified atom stereocenters. The van der Waals surface area contributed by atoms with Crippen molar-refractivity contribution in [3.05, 3.63) is 23.7 Å². The predicted octanol–water partition coefficient (Wildman–Crippen LogP) is 1.88. The summed E-state index contributed by atoms with van der Waals surface area (Å²) in [6, 6.07) is 0. The molecule has 2 heterocycles. The smallest absolute Gasteiger partial charge is 0.140 e. The molecular weight excluding hydrogens is 212 g/mol. The van der Waals surface area contributed by atoms with Crippen LogP contribution < -0.4 is 5.73 Å². The summed E-state index contributed by atoms with van der Waals surface area (Å²) < 4.78 is 4.37. The van der Waals surface area contributed by atoms with E-state index in [0.29, 0.717) is 12.5 Å². The third-order valence-electron chi connectivity index (χ3n) is 3.99. The normalized spacial score (nSPS) is 20.3. The lowest BCUT2D eigenvalue weighted by molar-refractivity contribution is 0.642. The second kappa shape index (κ2) is 3.35. The summed E-state index contributed by atoms with van der Waals surface area (Å²) in [5.74, 6) is 1.57. The van der Waals surface area contributed by atoms with E-state index in [1.54, 1.807) is 0 Å². The minimum atomic E-state index is 0.615. The first-order chi connectivity index (χ1) is 8.36. The van der Waals surface area contributed by atoms with E-state index < -0.39 is 0 Å². The fourth-order valence-electron chi connectivity index (χ4n) is 2.71. The van der Waals surface area contributed by atoms with Gasteiger partial charge in [0, 0.05) is 37.0 Å². The van der Waals surface area contributed by atoms with Crippen LogP contribution in [0.15, 0.2) is 12.4 Å². The number of hydrogen-bond acceptors (Lipinski definition) is 2. The van der Waals surface area contributed by atoms with Gasteiger partial charge in [0.25, 0.3) is 0 Å². The van der Waals surface area contributed by atoms with Crippen LogP contribution in [0.1, 0.15) is 42.9 Å². The van der Waals surface area contributed by atoms with Gasteiger partial charge in [-0.25, -0.2) is 4.52 Å². The molecule has 2 aromatic heterocycles. The molecular formula is C13H18N4. The molecule has 2 aromatic rings. The van der Waals surface area contributed by atoms with Gasteiger partial charge in [-0.3, -0.25) is 0 Å². The monoisotopic (exact) mass is 230 g/mol. The zero-order valence-corrected chi connectivity index (χ0v) is 9.97. The van der Waals surface area contributed by atoms with Crippen molar-refractivity contribution in [1.29, 1.82) is 0 Å². The van der Waals surface area contributed by atoms with E-state index in [4.69, 9.17) is 10.8 Å². The largest absolute Gasteiger partial charge is 0.331 e. The Hall–Kier alpha value is -1.29. The SMILES string of the molecule is NCc1c(C2CC2)nn2ccn(CC3CC3)c12. The van der Waals surface area contributed by atoms with Crippen molar-refractivity contribution in [2.75, 3.05) is 0 Å². The van der Waals surface area contributed by atoms with Crippen LogP contribution in [0.25, 0.3) is 5.65 Å². The number of rotatable bonds is 4. The molecule has 0 aliphatic heterocycles. The minimum Gasteiger partial charge on any atom is -0.331 e. The summed E-state index contributed by atoms with van der Waals surface area (Å²) in [6.45, 7) is 1.75. The molecule has 4 rings (SSSR count). The van der Waals surface area contributed by atoms with E-state index in [1.807, 2.05) is 4.52 Å². The number of fused-ring (bicyclic) bond motifs is 1. The van der Waals surface area contributed by atoms with Crippen LogP contribution in [0.5, 0.6) is 0 Å². The highest BCUT2D eigenvalue weighted by atomic mass is 15.3. The van der Waals surface area contributed by atoms with Crippen LogP contribution in [0.4, 0.5) is 0 Å². The van der Waals surface area contributed by atoms with Crippen LogP contribution in [-0.2, 0) is 13.1 Å². The summed E-state index contributed by atoms with van der Waals surface area (Å²) in [6.07, 6.45) is 9.56. The second-order valence-electron chi connectivity index (χ2n) is 5.50. The van der Waals surface area contributed by atoms with Crippen LogP contribution in [0.3, 0.4) is 0 Å². The van der Waals surface area contributed by atoms with Gasteiger partial charge < -0.3 is 10.3 Å². The van der Waals surface area contributed by atoms with Gasteiger partial charge in [0.15, 0.2) is 0 Å². The molecule has 2 aliphatic rings. The highest BCUT2D eigenvalue weighted by Crippen LogP contribution is 2.42. The van der Waals surface area contributed by atoms with Crippen molar-refractivity contribution >= 4 is 5.65 Å². The molecule has 0 saturated heterocycles. The van der Waals surface area contributed by atoms with E-state index >= 15 is 0 Å². The first-order valence-electron chi connectivity index (χ1n) is 6.63. The highest BCUT2D eigenvalue weighted by Gasteiger charge is 2.31. The lowest BCUT2D eigenvalue weighted by Gasteiger charge is -2.04. The topological polar surface area (TPSA) is 48.2 Å². The zero-order chi connectivity index (χ0) is 11.4. The van der Waals surface area contributed by atoms with Crippen LogP contribution >= 0.6 is 0 Å². The Morgan fingerprint density at radius 1 is 1.24 bits per heavy atom. The molecule has 0 atom stereocenters. The van der Waals surface area contributed by atoms with Crippen LogP contribution in [0.2, 0.25) is 0 Å². The quantitative estimate of drug-likeness (QED) is 0.871. The van der Waals surface area contributed by atoms with Crippen molar-refractivity contribution < 1.29 is 0 Å². The average molecular weight is 230 g/mol. The summed E-state index contributed by atoms with van der Waals surface area (Å²) in [4.78, 5) is 0. The van der Waals surface area contributed by atoms with Gasteiger partial charge in [0.05, 0.1) is 5.69 Å². The lowest BCUT2D eigenvalue weighted by Crippen LogP contribution is -2.04. The van der Waals surface area contributed by atoms with E-state index in [-0.39, 0.29) is 0 Å². The van der Waals surface area contributed by atoms with E-state index in [1.165, 1.54) is 42.6 Å². The van der Waals surface area contributed by atoms with Gasteiger partial charge in [0.2, 0.25) is 0 Å². The molecule has 0 aromatic carbocycles. The molecule has 2 fully saturated rings. The molecule has 0 bridgehead atoms. The van der Waals surface area contributed by atoms with Gasteiger partial charge in [-0.1, -0.05) is 0 Å². The van der Waals surface area contributed by atoms with Crippen molar-refractivity contribution in [3.8, 4) is 0 Å². The minimum absolute atomic E-state index is 0.615. The summed E-state index contributed by atoms with van der Waals surface area (Å²) in [5, 5.41) is 4.71. The van der Waals surface area contributed by atoms with E-state index in [9.17, 15) is 0 Å². The third-order valence-corrected chi connectivity index (χ3v) is 3.99. The van der Waals surface area contributed by atoms with Crippen molar-refractivity contribution in [2.45, 2.75) is 44.7 Å². The van der Waals surface area contributed by atoms with Gasteiger partial charge in [-0.15, -0.1) is 0 Å². The Morgan fingerprint density at radius 2 is 2.06 bits per heavy atom. The van der Waals surface area contributed by atoms with Gasteiger partial charge >= 0.3 is 0 Å². The molecule has 2 aliphatic carbocycles. The van der Waals surface area contributed by atoms with Gasteiger partial charge in [-0.05, 0) is 31.6 Å². The molecule has 4 nitrogen and oxygen atoms in total. The highest BCUT2D eigenvalue weighted by molar-refractivity contribution is 5.53. The molecule has 2 saturated carbocycles. The number of aromatic nitrogens is 3. The molecule has 2 N–H and O–H groups in total. The van der Waals surface area contributed by atoms with Crippen molar-refractivity contribution in [2.24, 2.45) is 11.7 Å². The van der Waals surface area contributed by atoms with E-state index in [0.717, 1.165) is 12.5 Å². The predicted molar refractivity (Wildman–Crippen MR) is 65.8 cm³/mol. The summed E-state index contributed by atoms with van der Waals surface area (Å²) in [5.41, 5.74) is 9.71. The first kappa shape index (κ1) is 9.71. The van der Waals surface area contributed by atoms with Crippen molar-refractivity contribution in [3.63, 3.8) is 0 Å². The second-order valence-corrected chi connectivity index (χ2v) is 5.50. The van der Waals surface area contributed by atoms with Gasteiger partial charge in [0.1, 0.15) is 5.65 Å². The van der Waals surface area contributed by atoms with Gasteiger partial charge in [-0.2, -0.15) is 5.10 Å². The lowest BCUT2D eigenvalue weighted by atomic mass is 10.1. The number of imidazole rings is 1. The standard InChI is InChI=1S/C13H18N4/c14-7-11-12(10-3-4-10)15-17-6-5-16(13(11)17)8-9-1-2-9/h5-6,9-10H,1-4,7-8,14H2. The average Bonchev–Trinajstić information content (AvgIpc) is 3.23. The molecule has 90 valence electrons. The summed E-state index contributed by atoms with van der Waals surface area (Å²) >= 11 is 0. The van der Waals surface area contributed by atoms with Crippen LogP contribution in [-0.4, -0.2) is 14.2 Å². The maximum Gasteiger partial charge on any atom is 0.140 e. The molecule has 17 heavy (non-hydrogen) atoms. The maximum absolute atomic E-state index is 5.93. The Balaban J connectivity index is 1.84. The maximum atomic E-state index is 5.93. The fourth-order valence-corrected chi connectivity index (χ4v) is 2.71. The fraction of sp³-hybridized carbons (Fsp3) is 0.615. The Kier molecular flexibility index (Phi) is 1.92. The van der Waals surface area contributed by atoms with Crippen molar-refractivity contribution in [1.82, 2.24) is 14.2 Å². The Labute approximate surface area is 100 Å². The Bertz CT molecular complexity index is 557. The van der Waals surface area contributed by atoms with E-state index in [2.05, 4.69) is 17.0 Å².